The number of hydrogen-bond acceptors (Lipinski definition) is 4. The van der Waals surface area contributed by atoms with Gasteiger partial charge in [-0.1, -0.05) is 13.8 Å². The van der Waals surface area contributed by atoms with Crippen molar-refractivity contribution in [3.8, 4) is 5.69 Å². The molecule has 1 amide bonds. The quantitative estimate of drug-likeness (QED) is 0.840. The van der Waals surface area contributed by atoms with Crippen LogP contribution in [0.4, 0.5) is 0 Å². The van der Waals surface area contributed by atoms with E-state index in [0.29, 0.717) is 18.2 Å². The van der Waals surface area contributed by atoms with Gasteiger partial charge >= 0.3 is 0 Å². The molecule has 0 aliphatic heterocycles. The Morgan fingerprint density at radius 3 is 2.86 bits per heavy atom. The molecule has 2 heterocycles. The molecule has 0 aliphatic rings. The van der Waals surface area contributed by atoms with E-state index in [0.717, 1.165) is 12.1 Å². The first-order chi connectivity index (χ1) is 10.1. The first-order valence-electron chi connectivity index (χ1n) is 7.07. The number of aromatic nitrogens is 3. The first kappa shape index (κ1) is 15.2. The van der Waals surface area contributed by atoms with E-state index in [2.05, 4.69) is 29.2 Å². The van der Waals surface area contributed by atoms with Crippen molar-refractivity contribution in [3.05, 3.63) is 42.5 Å². The van der Waals surface area contributed by atoms with Crippen LogP contribution in [0.2, 0.25) is 0 Å². The van der Waals surface area contributed by atoms with Gasteiger partial charge in [0.2, 0.25) is 0 Å². The van der Waals surface area contributed by atoms with E-state index < -0.39 is 0 Å². The summed E-state index contributed by atoms with van der Waals surface area (Å²) in [4.78, 5) is 16.4. The Labute approximate surface area is 124 Å². The van der Waals surface area contributed by atoms with E-state index in [4.69, 9.17) is 5.73 Å². The van der Waals surface area contributed by atoms with Crippen molar-refractivity contribution in [3.63, 3.8) is 0 Å². The molecule has 0 saturated heterocycles. The minimum absolute atomic E-state index is 0.0346. The monoisotopic (exact) mass is 287 g/mol. The van der Waals surface area contributed by atoms with E-state index in [1.165, 1.54) is 0 Å². The van der Waals surface area contributed by atoms with Crippen molar-refractivity contribution in [1.29, 1.82) is 0 Å². The second kappa shape index (κ2) is 6.99. The number of nitrogens with two attached hydrogens (primary N) is 1. The minimum atomic E-state index is -0.208. The molecule has 2 rings (SSSR count). The number of hydrogen-bond donors (Lipinski definition) is 2. The maximum atomic E-state index is 12.3. The molecule has 0 saturated carbocycles. The van der Waals surface area contributed by atoms with Gasteiger partial charge in [0, 0.05) is 31.2 Å². The fourth-order valence-electron chi connectivity index (χ4n) is 2.15. The lowest BCUT2D eigenvalue weighted by Crippen LogP contribution is -2.41. The second-order valence-corrected chi connectivity index (χ2v) is 5.39. The number of nitrogens with one attached hydrogen (secondary N) is 1. The Bertz CT molecular complexity index is 580. The summed E-state index contributed by atoms with van der Waals surface area (Å²) in [6, 6.07) is 5.31. The van der Waals surface area contributed by atoms with Gasteiger partial charge in [0.05, 0.1) is 5.69 Å². The van der Waals surface area contributed by atoms with Crippen LogP contribution in [0.1, 0.15) is 30.8 Å². The summed E-state index contributed by atoms with van der Waals surface area (Å²) in [5.74, 6) is 0.266. The molecular weight excluding hydrogens is 266 g/mol. The summed E-state index contributed by atoms with van der Waals surface area (Å²) in [5.41, 5.74) is 6.87. The van der Waals surface area contributed by atoms with Crippen LogP contribution in [0.15, 0.2) is 36.8 Å². The Kier molecular flexibility index (Phi) is 5.05. The average Bonchev–Trinajstić information content (AvgIpc) is 3.00. The topological polar surface area (TPSA) is 85.8 Å². The van der Waals surface area contributed by atoms with Crippen molar-refractivity contribution in [2.45, 2.75) is 26.3 Å². The van der Waals surface area contributed by atoms with Crippen LogP contribution in [0, 0.1) is 5.92 Å². The Morgan fingerprint density at radius 2 is 2.24 bits per heavy atom. The van der Waals surface area contributed by atoms with Gasteiger partial charge in [-0.2, -0.15) is 5.10 Å². The molecule has 2 aromatic heterocycles. The highest BCUT2D eigenvalue weighted by Gasteiger charge is 2.15. The summed E-state index contributed by atoms with van der Waals surface area (Å²) >= 11 is 0. The molecule has 112 valence electrons. The molecular formula is C15H21N5O. The molecule has 0 radical (unpaired) electrons. The molecule has 0 aliphatic carbocycles. The number of carbonyl (C=O) groups excluding carboxylic acids is 1. The standard InChI is InChI=1S/C15H21N5O/c1-11(2)8-12(10-16)19-15(21)14-9-13(4-6-17-14)20-7-3-5-18-20/h3-7,9,11-12H,8,10,16H2,1-2H3,(H,19,21). The SMILES string of the molecule is CC(C)CC(CN)NC(=O)c1cc(-n2cccn2)ccn1. The summed E-state index contributed by atoms with van der Waals surface area (Å²) in [6.07, 6.45) is 5.96. The molecule has 2 aromatic rings. The summed E-state index contributed by atoms with van der Waals surface area (Å²) in [5, 5.41) is 7.07. The second-order valence-electron chi connectivity index (χ2n) is 5.39. The van der Waals surface area contributed by atoms with Crippen LogP contribution < -0.4 is 11.1 Å². The van der Waals surface area contributed by atoms with Crippen LogP contribution in [0.25, 0.3) is 5.69 Å². The van der Waals surface area contributed by atoms with Gasteiger partial charge in [0.1, 0.15) is 5.69 Å². The van der Waals surface area contributed by atoms with Crippen LogP contribution >= 0.6 is 0 Å². The Balaban J connectivity index is 2.10. The molecule has 0 bridgehead atoms. The molecule has 0 aromatic carbocycles. The highest BCUT2D eigenvalue weighted by atomic mass is 16.1. The van der Waals surface area contributed by atoms with Crippen molar-refractivity contribution >= 4 is 5.91 Å². The Morgan fingerprint density at radius 1 is 1.43 bits per heavy atom. The maximum absolute atomic E-state index is 12.3. The molecule has 6 heteroatoms. The smallest absolute Gasteiger partial charge is 0.270 e. The predicted octanol–water partition coefficient (Wildman–Crippen LogP) is 1.37. The third kappa shape index (κ3) is 4.13. The van der Waals surface area contributed by atoms with Crippen LogP contribution in [0.5, 0.6) is 0 Å². The van der Waals surface area contributed by atoms with Gasteiger partial charge in [-0.25, -0.2) is 4.68 Å². The van der Waals surface area contributed by atoms with Gasteiger partial charge in [-0.3, -0.25) is 9.78 Å². The molecule has 1 unspecified atom stereocenters. The van der Waals surface area contributed by atoms with Gasteiger partial charge < -0.3 is 11.1 Å². The van der Waals surface area contributed by atoms with E-state index in [1.807, 2.05) is 12.3 Å². The third-order valence-electron chi connectivity index (χ3n) is 3.12. The van der Waals surface area contributed by atoms with Gasteiger partial charge in [0.15, 0.2) is 0 Å². The summed E-state index contributed by atoms with van der Waals surface area (Å²) in [7, 11) is 0. The maximum Gasteiger partial charge on any atom is 0.270 e. The van der Waals surface area contributed by atoms with Crippen LogP contribution in [0.3, 0.4) is 0 Å². The third-order valence-corrected chi connectivity index (χ3v) is 3.12. The molecule has 0 fully saturated rings. The minimum Gasteiger partial charge on any atom is -0.347 e. The molecule has 3 N–H and O–H groups in total. The molecule has 0 spiro atoms. The molecule has 21 heavy (non-hydrogen) atoms. The van der Waals surface area contributed by atoms with E-state index in [1.54, 1.807) is 29.2 Å². The van der Waals surface area contributed by atoms with E-state index in [-0.39, 0.29) is 11.9 Å². The highest BCUT2D eigenvalue weighted by Crippen LogP contribution is 2.08. The predicted molar refractivity (Wildman–Crippen MR) is 81.1 cm³/mol. The van der Waals surface area contributed by atoms with Crippen molar-refractivity contribution in [2.24, 2.45) is 11.7 Å². The Hall–Kier alpha value is -2.21. The largest absolute Gasteiger partial charge is 0.347 e. The van der Waals surface area contributed by atoms with Gasteiger partial charge in [-0.05, 0) is 30.5 Å². The van der Waals surface area contributed by atoms with E-state index in [9.17, 15) is 4.79 Å². The van der Waals surface area contributed by atoms with Crippen LogP contribution in [-0.4, -0.2) is 33.3 Å². The zero-order chi connectivity index (χ0) is 15.2. The molecule has 1 atom stereocenters. The number of rotatable bonds is 6. The number of carbonyl (C=O) groups is 1. The number of nitrogens with zero attached hydrogens (tertiary/aromatic N) is 3. The number of amides is 1. The van der Waals surface area contributed by atoms with E-state index >= 15 is 0 Å². The lowest BCUT2D eigenvalue weighted by Gasteiger charge is -2.18. The van der Waals surface area contributed by atoms with Crippen molar-refractivity contribution in [1.82, 2.24) is 20.1 Å². The van der Waals surface area contributed by atoms with Gasteiger partial charge in [0.25, 0.3) is 5.91 Å². The lowest BCUT2D eigenvalue weighted by atomic mass is 10.0. The number of pyridine rings is 1. The zero-order valence-electron chi connectivity index (χ0n) is 12.4. The highest BCUT2D eigenvalue weighted by molar-refractivity contribution is 5.92. The van der Waals surface area contributed by atoms with Crippen molar-refractivity contribution < 1.29 is 4.79 Å². The molecule has 6 nitrogen and oxygen atoms in total. The summed E-state index contributed by atoms with van der Waals surface area (Å²) in [6.45, 7) is 4.62. The normalized spacial score (nSPS) is 12.4. The fraction of sp³-hybridized carbons (Fsp3) is 0.400. The fourth-order valence-corrected chi connectivity index (χ4v) is 2.15. The van der Waals surface area contributed by atoms with Gasteiger partial charge in [-0.15, -0.1) is 0 Å². The zero-order valence-corrected chi connectivity index (χ0v) is 12.4. The van der Waals surface area contributed by atoms with Crippen LogP contribution in [-0.2, 0) is 0 Å². The lowest BCUT2D eigenvalue weighted by molar-refractivity contribution is 0.0928. The average molecular weight is 287 g/mol. The summed E-state index contributed by atoms with van der Waals surface area (Å²) < 4.78 is 1.69. The van der Waals surface area contributed by atoms with Crippen molar-refractivity contribution in [2.75, 3.05) is 6.54 Å². The first-order valence-corrected chi connectivity index (χ1v) is 7.07.